The highest BCUT2D eigenvalue weighted by molar-refractivity contribution is 7.20. The zero-order valence-electron chi connectivity index (χ0n) is 12.9. The molecule has 1 aliphatic rings. The molecule has 1 atom stereocenters. The van der Waals surface area contributed by atoms with E-state index < -0.39 is 0 Å². The number of hydrogen-bond donors (Lipinski definition) is 1. The van der Waals surface area contributed by atoms with E-state index in [-0.39, 0.29) is 6.10 Å². The normalized spacial score (nSPS) is 18.2. The van der Waals surface area contributed by atoms with Crippen LogP contribution in [0.5, 0.6) is 0 Å². The Kier molecular flexibility index (Phi) is 4.97. The van der Waals surface area contributed by atoms with Gasteiger partial charge in [0, 0.05) is 24.1 Å². The van der Waals surface area contributed by atoms with Gasteiger partial charge < -0.3 is 10.1 Å². The summed E-state index contributed by atoms with van der Waals surface area (Å²) in [5, 5.41) is 6.68. The summed E-state index contributed by atoms with van der Waals surface area (Å²) in [6, 6.07) is 6.04. The number of nitrogens with zero attached hydrogens (tertiary/aromatic N) is 1. The third kappa shape index (κ3) is 3.28. The van der Waals surface area contributed by atoms with Gasteiger partial charge in [0.2, 0.25) is 0 Å². The minimum atomic E-state index is 0.0781. The maximum Gasteiger partial charge on any atom is 0.131 e. The summed E-state index contributed by atoms with van der Waals surface area (Å²) < 4.78 is 6.96. The van der Waals surface area contributed by atoms with Crippen molar-refractivity contribution >= 4 is 61.8 Å². The number of halogens is 2. The van der Waals surface area contributed by atoms with Gasteiger partial charge in [-0.05, 0) is 30.7 Å². The van der Waals surface area contributed by atoms with Crippen LogP contribution >= 0.6 is 45.9 Å². The van der Waals surface area contributed by atoms with E-state index in [4.69, 9.17) is 27.9 Å². The zero-order chi connectivity index (χ0) is 16.5. The van der Waals surface area contributed by atoms with E-state index in [0.717, 1.165) is 46.8 Å². The summed E-state index contributed by atoms with van der Waals surface area (Å²) in [7, 11) is 0. The molecule has 1 saturated heterocycles. The molecule has 0 bridgehead atoms. The predicted octanol–water partition coefficient (Wildman–Crippen LogP) is 6.52. The van der Waals surface area contributed by atoms with Crippen molar-refractivity contribution in [1.29, 1.82) is 0 Å². The Morgan fingerprint density at radius 3 is 3.00 bits per heavy atom. The van der Waals surface area contributed by atoms with Gasteiger partial charge in [0.1, 0.15) is 10.7 Å². The quantitative estimate of drug-likeness (QED) is 0.507. The first-order valence-corrected chi connectivity index (χ1v) is 10.3. The van der Waals surface area contributed by atoms with Crippen molar-refractivity contribution in [3.63, 3.8) is 0 Å². The lowest BCUT2D eigenvalue weighted by Gasteiger charge is -2.21. The standard InChI is InChI=1S/C17H16Cl2N2OS2/c18-13-8-11(20-9-10-4-3-7-23-10)16-15(21-13)14(19)17(24-16)12-5-1-2-6-22-12/h3-4,7-8,12H,1-2,5-6,9H2,(H,20,21)/t12-/m1/s1. The molecule has 0 aliphatic carbocycles. The lowest BCUT2D eigenvalue weighted by molar-refractivity contribution is 0.0173. The smallest absolute Gasteiger partial charge is 0.131 e. The Labute approximate surface area is 158 Å². The van der Waals surface area contributed by atoms with Crippen LogP contribution < -0.4 is 5.32 Å². The number of aromatic nitrogens is 1. The SMILES string of the molecule is Clc1cc(NCc2cccs2)c2sc([C@H]3CCCCO3)c(Cl)c2n1. The molecule has 0 spiro atoms. The Bertz CT molecular complexity index is 842. The molecule has 3 nitrogen and oxygen atoms in total. The van der Waals surface area contributed by atoms with Crippen molar-refractivity contribution in [3.05, 3.63) is 43.5 Å². The second kappa shape index (κ2) is 7.18. The van der Waals surface area contributed by atoms with E-state index in [9.17, 15) is 0 Å². The molecular weight excluding hydrogens is 383 g/mol. The molecule has 1 fully saturated rings. The number of rotatable bonds is 4. The third-order valence-electron chi connectivity index (χ3n) is 4.08. The first-order chi connectivity index (χ1) is 11.7. The highest BCUT2D eigenvalue weighted by atomic mass is 35.5. The fourth-order valence-corrected chi connectivity index (χ4v) is 5.38. The van der Waals surface area contributed by atoms with Crippen molar-refractivity contribution in [2.24, 2.45) is 0 Å². The van der Waals surface area contributed by atoms with Crippen molar-refractivity contribution in [2.45, 2.75) is 31.9 Å². The predicted molar refractivity (Wildman–Crippen MR) is 104 cm³/mol. The Hall–Kier alpha value is -0.850. The van der Waals surface area contributed by atoms with Crippen molar-refractivity contribution in [3.8, 4) is 0 Å². The molecule has 3 aromatic rings. The van der Waals surface area contributed by atoms with Crippen LogP contribution in [0, 0.1) is 0 Å². The molecule has 0 radical (unpaired) electrons. The first kappa shape index (κ1) is 16.6. The second-order valence-corrected chi connectivity index (χ2v) is 8.59. The molecule has 0 unspecified atom stereocenters. The average Bonchev–Trinajstić information content (AvgIpc) is 3.22. The monoisotopic (exact) mass is 398 g/mol. The van der Waals surface area contributed by atoms with Gasteiger partial charge in [-0.1, -0.05) is 29.3 Å². The molecule has 7 heteroatoms. The maximum absolute atomic E-state index is 6.62. The minimum Gasteiger partial charge on any atom is -0.379 e. The van der Waals surface area contributed by atoms with E-state index >= 15 is 0 Å². The van der Waals surface area contributed by atoms with Crippen LogP contribution in [-0.4, -0.2) is 11.6 Å². The van der Waals surface area contributed by atoms with Gasteiger partial charge >= 0.3 is 0 Å². The Morgan fingerprint density at radius 2 is 2.25 bits per heavy atom. The summed E-state index contributed by atoms with van der Waals surface area (Å²) in [4.78, 5) is 6.79. The number of anilines is 1. The van der Waals surface area contributed by atoms with Crippen LogP contribution in [0.1, 0.15) is 35.1 Å². The van der Waals surface area contributed by atoms with Gasteiger partial charge in [-0.2, -0.15) is 0 Å². The number of ether oxygens (including phenoxy) is 1. The molecular formula is C17H16Cl2N2OS2. The van der Waals surface area contributed by atoms with Gasteiger partial charge in [0.25, 0.3) is 0 Å². The van der Waals surface area contributed by atoms with Crippen molar-refractivity contribution in [2.75, 3.05) is 11.9 Å². The summed E-state index contributed by atoms with van der Waals surface area (Å²) in [6.45, 7) is 1.56. The Balaban J connectivity index is 1.70. The minimum absolute atomic E-state index is 0.0781. The largest absolute Gasteiger partial charge is 0.379 e. The highest BCUT2D eigenvalue weighted by Crippen LogP contribution is 2.45. The number of hydrogen-bond acceptors (Lipinski definition) is 5. The molecule has 3 aromatic heterocycles. The van der Waals surface area contributed by atoms with Gasteiger partial charge in [-0.15, -0.1) is 22.7 Å². The third-order valence-corrected chi connectivity index (χ3v) is 6.95. The molecule has 4 heterocycles. The molecule has 0 aromatic carbocycles. The van der Waals surface area contributed by atoms with E-state index in [1.165, 1.54) is 11.3 Å². The van der Waals surface area contributed by atoms with Crippen LogP contribution in [-0.2, 0) is 11.3 Å². The average molecular weight is 399 g/mol. The van der Waals surface area contributed by atoms with Gasteiger partial charge in [-0.3, -0.25) is 0 Å². The first-order valence-electron chi connectivity index (χ1n) is 7.88. The number of thiophene rings is 2. The van der Waals surface area contributed by atoms with Gasteiger partial charge in [0.05, 0.1) is 26.4 Å². The van der Waals surface area contributed by atoms with Crippen LogP contribution in [0.2, 0.25) is 10.2 Å². The summed E-state index contributed by atoms with van der Waals surface area (Å²) in [6.07, 6.45) is 3.39. The van der Waals surface area contributed by atoms with Crippen LogP contribution in [0.4, 0.5) is 5.69 Å². The molecule has 24 heavy (non-hydrogen) atoms. The van der Waals surface area contributed by atoms with Crippen molar-refractivity contribution < 1.29 is 4.74 Å². The summed E-state index contributed by atoms with van der Waals surface area (Å²) in [5.74, 6) is 0. The van der Waals surface area contributed by atoms with Crippen LogP contribution in [0.25, 0.3) is 10.2 Å². The fraction of sp³-hybridized carbons (Fsp3) is 0.353. The second-order valence-electron chi connectivity index (χ2n) is 5.74. The number of fused-ring (bicyclic) bond motifs is 1. The fourth-order valence-electron chi connectivity index (χ4n) is 2.91. The molecule has 4 rings (SSSR count). The maximum atomic E-state index is 6.62. The molecule has 0 saturated carbocycles. The van der Waals surface area contributed by atoms with Crippen LogP contribution in [0.15, 0.2) is 23.6 Å². The zero-order valence-corrected chi connectivity index (χ0v) is 16.0. The van der Waals surface area contributed by atoms with Gasteiger partial charge in [-0.25, -0.2) is 4.98 Å². The summed E-state index contributed by atoms with van der Waals surface area (Å²) >= 11 is 16.2. The van der Waals surface area contributed by atoms with Crippen molar-refractivity contribution in [1.82, 2.24) is 4.98 Å². The van der Waals surface area contributed by atoms with Gasteiger partial charge in [0.15, 0.2) is 0 Å². The molecule has 1 N–H and O–H groups in total. The van der Waals surface area contributed by atoms with E-state index in [2.05, 4.69) is 27.8 Å². The summed E-state index contributed by atoms with van der Waals surface area (Å²) in [5.41, 5.74) is 1.75. The lowest BCUT2D eigenvalue weighted by Crippen LogP contribution is -2.10. The Morgan fingerprint density at radius 1 is 1.33 bits per heavy atom. The van der Waals surface area contributed by atoms with E-state index in [1.807, 2.05) is 6.07 Å². The number of pyridine rings is 1. The van der Waals surface area contributed by atoms with Crippen LogP contribution in [0.3, 0.4) is 0 Å². The molecule has 1 aliphatic heterocycles. The topological polar surface area (TPSA) is 34.1 Å². The number of nitrogens with one attached hydrogen (secondary N) is 1. The molecule has 126 valence electrons. The highest BCUT2D eigenvalue weighted by Gasteiger charge is 2.24. The van der Waals surface area contributed by atoms with E-state index in [0.29, 0.717) is 10.2 Å². The van der Waals surface area contributed by atoms with E-state index in [1.54, 1.807) is 22.7 Å². The molecule has 0 amide bonds. The lowest BCUT2D eigenvalue weighted by atomic mass is 10.1.